The first-order chi connectivity index (χ1) is 21.8. The summed E-state index contributed by atoms with van der Waals surface area (Å²) in [5.74, 6) is 0. The second kappa shape index (κ2) is 10.4. The van der Waals surface area contributed by atoms with Crippen molar-refractivity contribution in [2.45, 2.75) is 38.9 Å². The van der Waals surface area contributed by atoms with E-state index in [1.54, 1.807) is 0 Å². The first-order valence-corrected chi connectivity index (χ1v) is 15.5. The quantitative estimate of drug-likeness (QED) is 0.188. The summed E-state index contributed by atoms with van der Waals surface area (Å²) in [6.07, 6.45) is 0. The van der Waals surface area contributed by atoms with Crippen molar-refractivity contribution in [2.75, 3.05) is 4.90 Å². The molecule has 4 nitrogen and oxygen atoms in total. The molecule has 1 aliphatic heterocycles. The van der Waals surface area contributed by atoms with Gasteiger partial charge in [0, 0.05) is 33.3 Å². The van der Waals surface area contributed by atoms with Crippen LogP contribution in [0, 0.1) is 0 Å². The highest BCUT2D eigenvalue weighted by Crippen LogP contribution is 2.41. The van der Waals surface area contributed by atoms with Crippen molar-refractivity contribution in [1.29, 1.82) is 0 Å². The fraction of sp³-hybridized carbons (Fsp3) is 0.150. The molecule has 0 saturated carbocycles. The van der Waals surface area contributed by atoms with Crippen LogP contribution in [0.3, 0.4) is 0 Å². The molecule has 220 valence electrons. The third-order valence-corrected chi connectivity index (χ3v) is 9.50. The van der Waals surface area contributed by atoms with Crippen LogP contribution in [0.2, 0.25) is 0 Å². The lowest BCUT2D eigenvalue weighted by atomic mass is 9.78. The second-order valence-corrected chi connectivity index (χ2v) is 12.9. The molecule has 1 aromatic heterocycles. The monoisotopic (exact) mass is 587 g/mol. The number of nitrogens with zero attached hydrogens (tertiary/aromatic N) is 1. The Morgan fingerprint density at radius 2 is 1.13 bits per heavy atom. The zero-order valence-electron chi connectivity index (χ0n) is 26.0. The van der Waals surface area contributed by atoms with Gasteiger partial charge in [0.25, 0.3) is 0 Å². The van der Waals surface area contributed by atoms with Crippen molar-refractivity contribution < 1.29 is 13.7 Å². The zero-order chi connectivity index (χ0) is 30.8. The van der Waals surface area contributed by atoms with Crippen molar-refractivity contribution in [1.82, 2.24) is 0 Å². The van der Waals surface area contributed by atoms with Crippen molar-refractivity contribution in [3.8, 4) is 11.1 Å². The van der Waals surface area contributed by atoms with E-state index in [9.17, 15) is 0 Å². The van der Waals surface area contributed by atoms with Crippen molar-refractivity contribution in [2.24, 2.45) is 0 Å². The van der Waals surface area contributed by atoms with Crippen LogP contribution in [-0.2, 0) is 9.31 Å². The highest BCUT2D eigenvalue weighted by Gasteiger charge is 2.52. The van der Waals surface area contributed by atoms with E-state index in [2.05, 4.69) is 154 Å². The SMILES string of the molecule is CC1(C)OB(c2cccc3c2oc2ccc(N(c4ccc(-c5ccccc5)cc4)c4ccc5ccccc5c4)cc23)OC1(C)C. The number of fused-ring (bicyclic) bond motifs is 4. The summed E-state index contributed by atoms with van der Waals surface area (Å²) in [5, 5.41) is 4.50. The molecule has 45 heavy (non-hydrogen) atoms. The van der Waals surface area contributed by atoms with E-state index in [1.807, 2.05) is 12.1 Å². The van der Waals surface area contributed by atoms with Crippen LogP contribution in [0.15, 0.2) is 138 Å². The van der Waals surface area contributed by atoms with Crippen LogP contribution in [0.25, 0.3) is 43.8 Å². The Hall–Kier alpha value is -4.84. The van der Waals surface area contributed by atoms with Gasteiger partial charge in [-0.25, -0.2) is 0 Å². The lowest BCUT2D eigenvalue weighted by Gasteiger charge is -2.32. The van der Waals surface area contributed by atoms with Crippen LogP contribution in [0.5, 0.6) is 0 Å². The number of furan rings is 1. The molecule has 0 radical (unpaired) electrons. The normalized spacial score (nSPS) is 15.7. The summed E-state index contributed by atoms with van der Waals surface area (Å²) in [4.78, 5) is 2.32. The molecule has 0 N–H and O–H groups in total. The summed E-state index contributed by atoms with van der Waals surface area (Å²) in [6, 6.07) is 47.1. The summed E-state index contributed by atoms with van der Waals surface area (Å²) in [7, 11) is -0.504. The Bertz CT molecular complexity index is 2170. The molecule has 1 aliphatic rings. The van der Waals surface area contributed by atoms with Crippen LogP contribution in [0.1, 0.15) is 27.7 Å². The van der Waals surface area contributed by atoms with Crippen LogP contribution in [0.4, 0.5) is 17.1 Å². The van der Waals surface area contributed by atoms with Crippen LogP contribution < -0.4 is 10.4 Å². The number of rotatable bonds is 5. The number of benzene rings is 6. The largest absolute Gasteiger partial charge is 0.498 e. The van der Waals surface area contributed by atoms with Gasteiger partial charge in [-0.2, -0.15) is 0 Å². The minimum absolute atomic E-state index is 0.435. The number of anilines is 3. The minimum Gasteiger partial charge on any atom is -0.456 e. The molecule has 0 spiro atoms. The molecule has 0 amide bonds. The fourth-order valence-corrected chi connectivity index (χ4v) is 6.30. The Balaban J connectivity index is 1.26. The van der Waals surface area contributed by atoms with E-state index < -0.39 is 18.3 Å². The lowest BCUT2D eigenvalue weighted by Crippen LogP contribution is -2.41. The summed E-state index contributed by atoms with van der Waals surface area (Å²) >= 11 is 0. The average molecular weight is 588 g/mol. The second-order valence-electron chi connectivity index (χ2n) is 12.9. The van der Waals surface area contributed by atoms with Gasteiger partial charge in [-0.1, -0.05) is 91.0 Å². The van der Waals surface area contributed by atoms with E-state index in [0.717, 1.165) is 44.5 Å². The fourth-order valence-electron chi connectivity index (χ4n) is 6.30. The van der Waals surface area contributed by atoms with Gasteiger partial charge >= 0.3 is 7.12 Å². The summed E-state index contributed by atoms with van der Waals surface area (Å²) in [6.45, 7) is 8.30. The van der Waals surface area contributed by atoms with E-state index >= 15 is 0 Å². The molecule has 0 aliphatic carbocycles. The molecule has 7 aromatic rings. The maximum atomic E-state index is 6.52. The van der Waals surface area contributed by atoms with E-state index in [0.29, 0.717) is 0 Å². The minimum atomic E-state index is -0.504. The maximum Gasteiger partial charge on any atom is 0.498 e. The third kappa shape index (κ3) is 4.71. The number of para-hydroxylation sites is 1. The predicted octanol–water partition coefficient (Wildman–Crippen LogP) is 10.2. The Morgan fingerprint density at radius 3 is 1.89 bits per heavy atom. The van der Waals surface area contributed by atoms with E-state index in [4.69, 9.17) is 13.7 Å². The Labute approximate surface area is 264 Å². The van der Waals surface area contributed by atoms with Crippen molar-refractivity contribution in [3.63, 3.8) is 0 Å². The molecular weight excluding hydrogens is 553 g/mol. The molecule has 1 saturated heterocycles. The highest BCUT2D eigenvalue weighted by atomic mass is 16.7. The average Bonchev–Trinajstić information content (AvgIpc) is 3.53. The van der Waals surface area contributed by atoms with Gasteiger partial charge in [-0.05, 0) is 92.1 Å². The van der Waals surface area contributed by atoms with Crippen LogP contribution >= 0.6 is 0 Å². The Morgan fingerprint density at radius 1 is 0.511 bits per heavy atom. The molecule has 2 heterocycles. The van der Waals surface area contributed by atoms with Gasteiger partial charge in [-0.15, -0.1) is 0 Å². The third-order valence-electron chi connectivity index (χ3n) is 9.50. The standard InChI is InChI=1S/C40H34BNO3/c1-39(2)40(3,4)45-41(44-39)36-16-10-15-34-35-26-33(23-24-37(35)43-38(34)36)42(32-22-19-28-13-8-9-14-30(28)25-32)31-20-17-29(18-21-31)27-11-6-5-7-12-27/h5-26H,1-4H3. The van der Waals surface area contributed by atoms with Crippen LogP contribution in [-0.4, -0.2) is 18.3 Å². The molecule has 0 bridgehead atoms. The smallest absolute Gasteiger partial charge is 0.456 e. The van der Waals surface area contributed by atoms with Gasteiger partial charge in [0.1, 0.15) is 11.2 Å². The van der Waals surface area contributed by atoms with Gasteiger partial charge in [-0.3, -0.25) is 0 Å². The predicted molar refractivity (Wildman–Crippen MR) is 187 cm³/mol. The van der Waals surface area contributed by atoms with E-state index in [1.165, 1.54) is 21.9 Å². The van der Waals surface area contributed by atoms with Gasteiger partial charge in [0.15, 0.2) is 0 Å². The van der Waals surface area contributed by atoms with Crippen molar-refractivity contribution in [3.05, 3.63) is 133 Å². The molecule has 5 heteroatoms. The molecule has 8 rings (SSSR count). The molecule has 0 atom stereocenters. The maximum absolute atomic E-state index is 6.52. The molecule has 6 aromatic carbocycles. The van der Waals surface area contributed by atoms with Gasteiger partial charge < -0.3 is 18.6 Å². The Kier molecular flexibility index (Phi) is 6.38. The highest BCUT2D eigenvalue weighted by molar-refractivity contribution is 6.65. The lowest BCUT2D eigenvalue weighted by molar-refractivity contribution is 0.00578. The van der Waals surface area contributed by atoms with Gasteiger partial charge in [0.2, 0.25) is 0 Å². The molecular formula is C40H34BNO3. The van der Waals surface area contributed by atoms with E-state index in [-0.39, 0.29) is 0 Å². The molecule has 0 unspecified atom stereocenters. The topological polar surface area (TPSA) is 34.8 Å². The van der Waals surface area contributed by atoms with Gasteiger partial charge in [0.05, 0.1) is 11.2 Å². The summed E-state index contributed by atoms with van der Waals surface area (Å²) in [5.41, 5.74) is 7.27. The van der Waals surface area contributed by atoms with Crippen molar-refractivity contribution >= 4 is 62.4 Å². The first kappa shape index (κ1) is 27.7. The summed E-state index contributed by atoms with van der Waals surface area (Å²) < 4.78 is 19.4. The molecule has 1 fully saturated rings. The first-order valence-electron chi connectivity index (χ1n) is 15.5. The number of hydrogen-bond acceptors (Lipinski definition) is 4. The zero-order valence-corrected chi connectivity index (χ0v) is 26.0. The number of hydrogen-bond donors (Lipinski definition) is 0.